The van der Waals surface area contributed by atoms with Crippen molar-refractivity contribution in [3.05, 3.63) is 65.6 Å². The fourth-order valence-electron chi connectivity index (χ4n) is 3.23. The second-order valence-electron chi connectivity index (χ2n) is 6.59. The minimum atomic E-state index is 0.742. The Kier molecular flexibility index (Phi) is 4.95. The number of fused-ring (bicyclic) bond motifs is 1. The third-order valence-electron chi connectivity index (χ3n) is 4.69. The van der Waals surface area contributed by atoms with Gasteiger partial charge < -0.3 is 9.72 Å². The van der Waals surface area contributed by atoms with Gasteiger partial charge in [-0.3, -0.25) is 4.90 Å². The van der Waals surface area contributed by atoms with Crippen LogP contribution in [0.5, 0.6) is 0 Å². The highest BCUT2D eigenvalue weighted by atomic mass is 32.2. The van der Waals surface area contributed by atoms with Crippen molar-refractivity contribution in [1.29, 1.82) is 0 Å². The van der Waals surface area contributed by atoms with Crippen LogP contribution in [0.3, 0.4) is 0 Å². The van der Waals surface area contributed by atoms with Crippen molar-refractivity contribution in [3.8, 4) is 0 Å². The van der Waals surface area contributed by atoms with Crippen LogP contribution in [0.25, 0.3) is 5.65 Å². The highest BCUT2D eigenvalue weighted by molar-refractivity contribution is 7.99. The van der Waals surface area contributed by atoms with E-state index in [1.54, 1.807) is 0 Å². The van der Waals surface area contributed by atoms with Crippen LogP contribution >= 0.6 is 11.8 Å². The molecule has 3 heterocycles. The molecule has 25 heavy (non-hydrogen) atoms. The molecule has 1 aliphatic rings. The van der Waals surface area contributed by atoms with Gasteiger partial charge in [0.15, 0.2) is 0 Å². The zero-order chi connectivity index (χ0) is 17.1. The highest BCUT2D eigenvalue weighted by Gasteiger charge is 2.11. The predicted molar refractivity (Wildman–Crippen MR) is 106 cm³/mol. The zero-order valence-corrected chi connectivity index (χ0v) is 15.4. The maximum atomic E-state index is 4.66. The molecule has 3 aromatic rings. The smallest absolute Gasteiger partial charge is 0.137 e. The number of benzene rings is 1. The number of anilines is 1. The molecule has 0 saturated carbocycles. The van der Waals surface area contributed by atoms with Gasteiger partial charge in [0.25, 0.3) is 0 Å². The van der Waals surface area contributed by atoms with E-state index in [9.17, 15) is 0 Å². The van der Waals surface area contributed by atoms with Gasteiger partial charge >= 0.3 is 0 Å². The van der Waals surface area contributed by atoms with Crippen molar-refractivity contribution < 1.29 is 0 Å². The van der Waals surface area contributed by atoms with Crippen LogP contribution < -0.4 is 5.32 Å². The standard InChI is InChI=1S/C20H24N4S/c1-16-5-6-17(14-23-8-10-25-11-9-23)12-19(16)21-13-18-15-24-7-3-2-4-20(24)22-18/h2-7,12,15,21H,8-11,13-14H2,1H3. The predicted octanol–water partition coefficient (Wildman–Crippen LogP) is 3.80. The van der Waals surface area contributed by atoms with Crippen LogP contribution in [-0.4, -0.2) is 38.9 Å². The number of thioether (sulfide) groups is 1. The second kappa shape index (κ2) is 7.50. The van der Waals surface area contributed by atoms with E-state index in [2.05, 4.69) is 62.7 Å². The van der Waals surface area contributed by atoms with Crippen molar-refractivity contribution in [2.75, 3.05) is 29.9 Å². The number of aromatic nitrogens is 2. The number of hydrogen-bond acceptors (Lipinski definition) is 4. The summed E-state index contributed by atoms with van der Waals surface area (Å²) in [6.07, 6.45) is 4.13. The van der Waals surface area contributed by atoms with E-state index in [0.717, 1.165) is 24.4 Å². The van der Waals surface area contributed by atoms with Crippen LogP contribution in [0.15, 0.2) is 48.8 Å². The minimum absolute atomic E-state index is 0.742. The van der Waals surface area contributed by atoms with Crippen molar-refractivity contribution >= 4 is 23.1 Å². The maximum Gasteiger partial charge on any atom is 0.137 e. The summed E-state index contributed by atoms with van der Waals surface area (Å²) in [6.45, 7) is 6.34. The first-order chi connectivity index (χ1) is 12.3. The van der Waals surface area contributed by atoms with Gasteiger partial charge in [0.2, 0.25) is 0 Å². The molecule has 0 bridgehead atoms. The van der Waals surface area contributed by atoms with E-state index in [0.29, 0.717) is 0 Å². The highest BCUT2D eigenvalue weighted by Crippen LogP contribution is 2.20. The van der Waals surface area contributed by atoms with Crippen molar-refractivity contribution in [3.63, 3.8) is 0 Å². The monoisotopic (exact) mass is 352 g/mol. The van der Waals surface area contributed by atoms with Gasteiger partial charge in [0, 0.05) is 49.2 Å². The number of nitrogens with zero attached hydrogens (tertiary/aromatic N) is 3. The number of pyridine rings is 1. The zero-order valence-electron chi connectivity index (χ0n) is 14.6. The lowest BCUT2D eigenvalue weighted by Gasteiger charge is -2.26. The molecule has 4 nitrogen and oxygen atoms in total. The molecule has 5 heteroatoms. The summed E-state index contributed by atoms with van der Waals surface area (Å²) in [6, 6.07) is 12.9. The van der Waals surface area contributed by atoms with E-state index in [4.69, 9.17) is 0 Å². The van der Waals surface area contributed by atoms with Gasteiger partial charge in [0.05, 0.1) is 12.2 Å². The number of rotatable bonds is 5. The van der Waals surface area contributed by atoms with E-state index < -0.39 is 0 Å². The van der Waals surface area contributed by atoms with Gasteiger partial charge in [-0.15, -0.1) is 0 Å². The second-order valence-corrected chi connectivity index (χ2v) is 7.81. The van der Waals surface area contributed by atoms with Crippen molar-refractivity contribution in [2.45, 2.75) is 20.0 Å². The Balaban J connectivity index is 1.44. The van der Waals surface area contributed by atoms with E-state index in [1.807, 2.05) is 24.4 Å². The molecule has 1 aliphatic heterocycles. The Morgan fingerprint density at radius 1 is 1.16 bits per heavy atom. The molecule has 1 saturated heterocycles. The molecule has 1 aromatic carbocycles. The summed E-state index contributed by atoms with van der Waals surface area (Å²) < 4.78 is 2.06. The normalized spacial score (nSPS) is 15.6. The van der Waals surface area contributed by atoms with Crippen LogP contribution in [-0.2, 0) is 13.1 Å². The molecule has 0 amide bonds. The van der Waals surface area contributed by atoms with Crippen LogP contribution in [0, 0.1) is 6.92 Å². The third kappa shape index (κ3) is 3.99. The molecular weight excluding hydrogens is 328 g/mol. The van der Waals surface area contributed by atoms with Crippen LogP contribution in [0.4, 0.5) is 5.69 Å². The van der Waals surface area contributed by atoms with Gasteiger partial charge in [-0.1, -0.05) is 18.2 Å². The molecule has 0 spiro atoms. The average molecular weight is 353 g/mol. The summed E-state index contributed by atoms with van der Waals surface area (Å²) in [5.74, 6) is 2.51. The van der Waals surface area contributed by atoms with Crippen LogP contribution in [0.2, 0.25) is 0 Å². The quantitative estimate of drug-likeness (QED) is 0.757. The van der Waals surface area contributed by atoms with Gasteiger partial charge in [-0.2, -0.15) is 11.8 Å². The molecule has 1 fully saturated rings. The first kappa shape index (κ1) is 16.5. The van der Waals surface area contributed by atoms with Crippen LogP contribution in [0.1, 0.15) is 16.8 Å². The summed E-state index contributed by atoms with van der Waals surface area (Å²) in [4.78, 5) is 7.21. The summed E-state index contributed by atoms with van der Waals surface area (Å²) in [5, 5.41) is 3.57. The molecular formula is C20H24N4S. The Labute approximate surface area is 153 Å². The van der Waals surface area contributed by atoms with Crippen molar-refractivity contribution in [1.82, 2.24) is 14.3 Å². The first-order valence-corrected chi connectivity index (χ1v) is 9.99. The van der Waals surface area contributed by atoms with E-state index in [1.165, 1.54) is 41.4 Å². The Morgan fingerprint density at radius 3 is 2.88 bits per heavy atom. The molecule has 0 unspecified atom stereocenters. The van der Waals surface area contributed by atoms with Gasteiger partial charge in [-0.05, 0) is 36.2 Å². The molecule has 130 valence electrons. The number of hydrogen-bond donors (Lipinski definition) is 1. The minimum Gasteiger partial charge on any atom is -0.379 e. The summed E-state index contributed by atoms with van der Waals surface area (Å²) >= 11 is 2.06. The van der Waals surface area contributed by atoms with Gasteiger partial charge in [-0.25, -0.2) is 4.98 Å². The number of imidazole rings is 1. The molecule has 0 radical (unpaired) electrons. The van der Waals surface area contributed by atoms with E-state index in [-0.39, 0.29) is 0 Å². The molecule has 2 aromatic heterocycles. The van der Waals surface area contributed by atoms with E-state index >= 15 is 0 Å². The van der Waals surface area contributed by atoms with Gasteiger partial charge in [0.1, 0.15) is 5.65 Å². The first-order valence-electron chi connectivity index (χ1n) is 8.84. The summed E-state index contributed by atoms with van der Waals surface area (Å²) in [7, 11) is 0. The molecule has 1 N–H and O–H groups in total. The Bertz CT molecular complexity index is 819. The third-order valence-corrected chi connectivity index (χ3v) is 5.63. The Morgan fingerprint density at radius 2 is 2.04 bits per heavy atom. The fourth-order valence-corrected chi connectivity index (χ4v) is 4.21. The number of nitrogens with one attached hydrogen (secondary N) is 1. The largest absolute Gasteiger partial charge is 0.379 e. The lowest BCUT2D eigenvalue weighted by atomic mass is 10.1. The molecule has 0 aliphatic carbocycles. The number of aryl methyl sites for hydroxylation is 1. The molecule has 4 rings (SSSR count). The van der Waals surface area contributed by atoms with Crippen molar-refractivity contribution in [2.24, 2.45) is 0 Å². The maximum absolute atomic E-state index is 4.66. The lowest BCUT2D eigenvalue weighted by molar-refractivity contribution is 0.294. The fraction of sp³-hybridized carbons (Fsp3) is 0.350. The average Bonchev–Trinajstić information content (AvgIpc) is 3.06. The SMILES string of the molecule is Cc1ccc(CN2CCSCC2)cc1NCc1cn2ccccc2n1. The topological polar surface area (TPSA) is 32.6 Å². The summed E-state index contributed by atoms with van der Waals surface area (Å²) in [5.41, 5.74) is 5.93. The lowest BCUT2D eigenvalue weighted by Crippen LogP contribution is -2.31. The Hall–Kier alpha value is -1.98. The molecule has 0 atom stereocenters.